The molecule has 0 aromatic carbocycles. The second kappa shape index (κ2) is 6.02. The Morgan fingerprint density at radius 2 is 2.37 bits per heavy atom. The van der Waals surface area contributed by atoms with Crippen molar-refractivity contribution in [2.24, 2.45) is 11.8 Å². The zero-order chi connectivity index (χ0) is 13.9. The number of aromatic nitrogens is 2. The Morgan fingerprint density at radius 3 is 3.00 bits per heavy atom. The zero-order valence-corrected chi connectivity index (χ0v) is 12.3. The molecule has 0 amide bonds. The maximum absolute atomic E-state index is 12.1. The van der Waals surface area contributed by atoms with E-state index in [2.05, 4.69) is 21.9 Å². The maximum atomic E-state index is 12.1. The van der Waals surface area contributed by atoms with E-state index in [1.54, 1.807) is 17.1 Å². The van der Waals surface area contributed by atoms with Gasteiger partial charge in [0.25, 0.3) is 10.0 Å². The summed E-state index contributed by atoms with van der Waals surface area (Å²) in [6.45, 7) is 7.22. The molecule has 6 nitrogen and oxygen atoms in total. The molecule has 7 heteroatoms. The van der Waals surface area contributed by atoms with Gasteiger partial charge in [0.05, 0.1) is 6.33 Å². The number of hydrogen-bond donors (Lipinski definition) is 2. The van der Waals surface area contributed by atoms with Gasteiger partial charge in [-0.2, -0.15) is 0 Å². The summed E-state index contributed by atoms with van der Waals surface area (Å²) in [5.74, 6) is 0.883. The maximum Gasteiger partial charge on any atom is 0.259 e. The Balaban J connectivity index is 1.97. The van der Waals surface area contributed by atoms with Crippen molar-refractivity contribution < 1.29 is 8.42 Å². The molecule has 1 fully saturated rings. The van der Waals surface area contributed by atoms with Crippen molar-refractivity contribution in [3.8, 4) is 0 Å². The van der Waals surface area contributed by atoms with Gasteiger partial charge in [-0.15, -0.1) is 0 Å². The highest BCUT2D eigenvalue weighted by Crippen LogP contribution is 2.18. The summed E-state index contributed by atoms with van der Waals surface area (Å²) >= 11 is 0. The topological polar surface area (TPSA) is 76.0 Å². The first-order valence-corrected chi connectivity index (χ1v) is 8.23. The van der Waals surface area contributed by atoms with E-state index < -0.39 is 10.0 Å². The molecule has 0 spiro atoms. The van der Waals surface area contributed by atoms with Crippen molar-refractivity contribution in [3.05, 3.63) is 12.5 Å². The van der Waals surface area contributed by atoms with Crippen LogP contribution in [0.5, 0.6) is 0 Å². The molecule has 19 heavy (non-hydrogen) atoms. The quantitative estimate of drug-likeness (QED) is 0.823. The number of hydrogen-bond acceptors (Lipinski definition) is 4. The molecular formula is C12H22N4O2S. The number of piperidine rings is 1. The molecule has 0 bridgehead atoms. The third-order valence-electron chi connectivity index (χ3n) is 3.75. The minimum absolute atomic E-state index is 0.107. The van der Waals surface area contributed by atoms with Crippen molar-refractivity contribution in [1.29, 1.82) is 0 Å². The van der Waals surface area contributed by atoms with Crippen molar-refractivity contribution in [3.63, 3.8) is 0 Å². The minimum Gasteiger partial charge on any atom is -0.336 e. The summed E-state index contributed by atoms with van der Waals surface area (Å²) in [5, 5.41) is 3.42. The van der Waals surface area contributed by atoms with Crippen LogP contribution in [0.4, 0.5) is 0 Å². The van der Waals surface area contributed by atoms with Crippen LogP contribution in [0, 0.1) is 11.8 Å². The Labute approximate surface area is 114 Å². The van der Waals surface area contributed by atoms with Gasteiger partial charge in [-0.05, 0) is 38.3 Å². The minimum atomic E-state index is -3.47. The monoisotopic (exact) mass is 286 g/mol. The van der Waals surface area contributed by atoms with Crippen LogP contribution in [-0.4, -0.2) is 37.6 Å². The highest BCUT2D eigenvalue weighted by molar-refractivity contribution is 7.89. The van der Waals surface area contributed by atoms with Crippen molar-refractivity contribution >= 4 is 10.0 Å². The SMILES string of the molecule is CCn1cnc(S(=O)(=O)NCC2CCNCC2C)c1. The smallest absolute Gasteiger partial charge is 0.259 e. The number of aryl methyl sites for hydroxylation is 1. The number of imidazole rings is 1. The largest absolute Gasteiger partial charge is 0.336 e. The van der Waals surface area contributed by atoms with Gasteiger partial charge in [0.2, 0.25) is 0 Å². The fourth-order valence-electron chi connectivity index (χ4n) is 2.31. The van der Waals surface area contributed by atoms with Gasteiger partial charge in [0.15, 0.2) is 5.03 Å². The Morgan fingerprint density at radius 1 is 1.58 bits per heavy atom. The first-order valence-electron chi connectivity index (χ1n) is 6.75. The van der Waals surface area contributed by atoms with Gasteiger partial charge in [0.1, 0.15) is 0 Å². The highest BCUT2D eigenvalue weighted by Gasteiger charge is 2.24. The van der Waals surface area contributed by atoms with E-state index in [1.807, 2.05) is 6.92 Å². The van der Waals surface area contributed by atoms with Crippen molar-refractivity contribution in [1.82, 2.24) is 19.6 Å². The van der Waals surface area contributed by atoms with Gasteiger partial charge in [-0.25, -0.2) is 18.1 Å². The molecule has 2 unspecified atom stereocenters. The molecule has 2 N–H and O–H groups in total. The predicted molar refractivity (Wildman–Crippen MR) is 73.2 cm³/mol. The number of rotatable bonds is 5. The van der Waals surface area contributed by atoms with Gasteiger partial charge in [0, 0.05) is 19.3 Å². The fraction of sp³-hybridized carbons (Fsp3) is 0.750. The molecule has 2 heterocycles. The van der Waals surface area contributed by atoms with E-state index in [9.17, 15) is 8.42 Å². The molecule has 2 rings (SSSR count). The van der Waals surface area contributed by atoms with Crippen LogP contribution >= 0.6 is 0 Å². The van der Waals surface area contributed by atoms with Crippen LogP contribution in [0.2, 0.25) is 0 Å². The summed E-state index contributed by atoms with van der Waals surface area (Å²) in [5.41, 5.74) is 0. The third kappa shape index (κ3) is 3.55. The van der Waals surface area contributed by atoms with Crippen LogP contribution in [-0.2, 0) is 16.6 Å². The highest BCUT2D eigenvalue weighted by atomic mass is 32.2. The molecule has 1 aromatic heterocycles. The lowest BCUT2D eigenvalue weighted by atomic mass is 9.88. The lowest BCUT2D eigenvalue weighted by Crippen LogP contribution is -2.41. The van der Waals surface area contributed by atoms with Crippen molar-refractivity contribution in [2.45, 2.75) is 31.8 Å². The van der Waals surface area contributed by atoms with E-state index in [-0.39, 0.29) is 5.03 Å². The second-order valence-electron chi connectivity index (χ2n) is 5.12. The summed E-state index contributed by atoms with van der Waals surface area (Å²) < 4.78 is 28.6. The zero-order valence-electron chi connectivity index (χ0n) is 11.5. The number of nitrogens with zero attached hydrogens (tertiary/aromatic N) is 2. The average Bonchev–Trinajstić information content (AvgIpc) is 2.87. The molecule has 0 aliphatic carbocycles. The second-order valence-corrected chi connectivity index (χ2v) is 6.84. The number of sulfonamides is 1. The van der Waals surface area contributed by atoms with Gasteiger partial charge in [-0.3, -0.25) is 0 Å². The Hall–Kier alpha value is -0.920. The van der Waals surface area contributed by atoms with E-state index in [0.29, 0.717) is 24.9 Å². The van der Waals surface area contributed by atoms with E-state index >= 15 is 0 Å². The third-order valence-corrected chi connectivity index (χ3v) is 5.06. The first-order chi connectivity index (χ1) is 9.03. The normalized spacial score (nSPS) is 24.5. The van der Waals surface area contributed by atoms with Gasteiger partial charge in [-0.1, -0.05) is 6.92 Å². The summed E-state index contributed by atoms with van der Waals surface area (Å²) in [4.78, 5) is 3.94. The molecule has 1 aliphatic rings. The van der Waals surface area contributed by atoms with Crippen LogP contribution < -0.4 is 10.0 Å². The molecular weight excluding hydrogens is 264 g/mol. The standard InChI is InChI=1S/C12H22N4O2S/c1-3-16-8-12(14-9-16)19(17,18)15-7-11-4-5-13-6-10(11)2/h8-11,13,15H,3-7H2,1-2H3. The molecule has 1 aliphatic heterocycles. The molecule has 1 aromatic rings. The fourth-order valence-corrected chi connectivity index (χ4v) is 3.36. The van der Waals surface area contributed by atoms with Crippen LogP contribution in [0.3, 0.4) is 0 Å². The summed E-state index contributed by atoms with van der Waals surface area (Å²) in [6, 6.07) is 0. The lowest BCUT2D eigenvalue weighted by molar-refractivity contribution is 0.274. The lowest BCUT2D eigenvalue weighted by Gasteiger charge is -2.29. The molecule has 0 radical (unpaired) electrons. The summed E-state index contributed by atoms with van der Waals surface area (Å²) in [7, 11) is -3.47. The van der Waals surface area contributed by atoms with E-state index in [1.165, 1.54) is 0 Å². The van der Waals surface area contributed by atoms with Crippen LogP contribution in [0.1, 0.15) is 20.3 Å². The molecule has 108 valence electrons. The van der Waals surface area contributed by atoms with Gasteiger partial charge >= 0.3 is 0 Å². The molecule has 2 atom stereocenters. The van der Waals surface area contributed by atoms with E-state index in [0.717, 1.165) is 19.5 Å². The summed E-state index contributed by atoms with van der Waals surface area (Å²) in [6.07, 6.45) is 4.11. The van der Waals surface area contributed by atoms with Gasteiger partial charge < -0.3 is 9.88 Å². The number of nitrogens with one attached hydrogen (secondary N) is 2. The first kappa shape index (κ1) is 14.5. The van der Waals surface area contributed by atoms with E-state index in [4.69, 9.17) is 0 Å². The average molecular weight is 286 g/mol. The predicted octanol–water partition coefficient (Wildman–Crippen LogP) is 0.427. The van der Waals surface area contributed by atoms with Crippen LogP contribution in [0.25, 0.3) is 0 Å². The van der Waals surface area contributed by atoms with Crippen LogP contribution in [0.15, 0.2) is 17.6 Å². The Bertz CT molecular complexity index is 512. The Kier molecular flexibility index (Phi) is 4.59. The van der Waals surface area contributed by atoms with Crippen molar-refractivity contribution in [2.75, 3.05) is 19.6 Å². The molecule has 0 saturated carbocycles. The molecule has 1 saturated heterocycles.